The molecule has 2 aromatic carbocycles. The molecule has 6 heteroatoms. The van der Waals surface area contributed by atoms with Gasteiger partial charge >= 0.3 is 0 Å². The first-order valence-electron chi connectivity index (χ1n) is 9.21. The fourth-order valence-corrected chi connectivity index (χ4v) is 2.95. The van der Waals surface area contributed by atoms with E-state index in [-0.39, 0.29) is 36.8 Å². The van der Waals surface area contributed by atoms with E-state index < -0.39 is 23.8 Å². The summed E-state index contributed by atoms with van der Waals surface area (Å²) in [4.78, 5) is 0. The lowest BCUT2D eigenvalue weighted by Crippen LogP contribution is -2.30. The Hall–Kier alpha value is -2.15. The first kappa shape index (κ1) is 20.6. The molecule has 1 heterocycles. The molecule has 0 saturated carbocycles. The van der Waals surface area contributed by atoms with Crippen LogP contribution in [0.5, 0.6) is 0 Å². The molecule has 1 aliphatic rings. The van der Waals surface area contributed by atoms with Gasteiger partial charge in [-0.3, -0.25) is 0 Å². The third-order valence-corrected chi connectivity index (χ3v) is 4.66. The average molecular weight is 392 g/mol. The number of benzene rings is 2. The van der Waals surface area contributed by atoms with Crippen molar-refractivity contribution in [2.24, 2.45) is 0 Å². The molecule has 0 aliphatic carbocycles. The highest BCUT2D eigenvalue weighted by Gasteiger charge is 2.26. The van der Waals surface area contributed by atoms with Crippen molar-refractivity contribution in [2.45, 2.75) is 32.7 Å². The van der Waals surface area contributed by atoms with Gasteiger partial charge in [-0.2, -0.15) is 0 Å². The minimum atomic E-state index is -0.894. The Morgan fingerprint density at radius 3 is 2.50 bits per heavy atom. The molecule has 0 atom stereocenters. The minimum absolute atomic E-state index is 0.0314. The second-order valence-corrected chi connectivity index (χ2v) is 6.68. The van der Waals surface area contributed by atoms with Crippen molar-refractivity contribution >= 4 is 6.08 Å². The molecule has 28 heavy (non-hydrogen) atoms. The highest BCUT2D eigenvalue weighted by molar-refractivity contribution is 5.50. The average Bonchev–Trinajstić information content (AvgIpc) is 2.70. The van der Waals surface area contributed by atoms with Crippen molar-refractivity contribution in [1.29, 1.82) is 0 Å². The van der Waals surface area contributed by atoms with E-state index in [2.05, 4.69) is 0 Å². The lowest BCUT2D eigenvalue weighted by atomic mass is 9.97. The van der Waals surface area contributed by atoms with Crippen LogP contribution in [0.15, 0.2) is 36.4 Å². The quantitative estimate of drug-likeness (QED) is 0.683. The van der Waals surface area contributed by atoms with Gasteiger partial charge in [0.05, 0.1) is 19.8 Å². The van der Waals surface area contributed by atoms with E-state index in [0.29, 0.717) is 17.7 Å². The monoisotopic (exact) mass is 392 g/mol. The van der Waals surface area contributed by atoms with Crippen LogP contribution in [0.1, 0.15) is 35.1 Å². The lowest BCUT2D eigenvalue weighted by Gasteiger charge is -2.28. The van der Waals surface area contributed by atoms with Gasteiger partial charge in [0.15, 0.2) is 17.9 Å². The Labute approximate surface area is 162 Å². The Bertz CT molecular complexity index is 843. The van der Waals surface area contributed by atoms with Gasteiger partial charge in [0.25, 0.3) is 0 Å². The van der Waals surface area contributed by atoms with Crippen LogP contribution in [-0.4, -0.2) is 26.1 Å². The molecule has 0 amide bonds. The van der Waals surface area contributed by atoms with Crippen LogP contribution in [0, 0.1) is 24.4 Å². The van der Waals surface area contributed by atoms with Gasteiger partial charge in [-0.05, 0) is 42.7 Å². The normalized spacial score (nSPS) is 20.0. The number of halogens is 3. The van der Waals surface area contributed by atoms with Crippen LogP contribution in [0.25, 0.3) is 6.08 Å². The Kier molecular flexibility index (Phi) is 6.88. The van der Waals surface area contributed by atoms with Crippen molar-refractivity contribution in [2.75, 3.05) is 19.8 Å². The first-order chi connectivity index (χ1) is 13.5. The maximum absolute atomic E-state index is 14.4. The zero-order valence-electron chi connectivity index (χ0n) is 15.9. The lowest BCUT2D eigenvalue weighted by molar-refractivity contribution is -0.159. The number of hydrogen-bond acceptors (Lipinski definition) is 3. The van der Waals surface area contributed by atoms with E-state index in [0.717, 1.165) is 0 Å². The SMILES string of the molecule is CCOCc1ccc(C2COC(/C=C/c3ccc(C)c(F)c3)OC2)c(F)c1F. The van der Waals surface area contributed by atoms with E-state index in [9.17, 15) is 13.2 Å². The van der Waals surface area contributed by atoms with Crippen molar-refractivity contribution in [1.82, 2.24) is 0 Å². The van der Waals surface area contributed by atoms with Crippen molar-refractivity contribution < 1.29 is 27.4 Å². The molecule has 1 saturated heterocycles. The number of hydrogen-bond donors (Lipinski definition) is 0. The molecule has 0 aromatic heterocycles. The zero-order chi connectivity index (χ0) is 20.1. The van der Waals surface area contributed by atoms with E-state index in [4.69, 9.17) is 14.2 Å². The predicted molar refractivity (Wildman–Crippen MR) is 100 cm³/mol. The van der Waals surface area contributed by atoms with Crippen molar-refractivity contribution in [3.63, 3.8) is 0 Å². The minimum Gasteiger partial charge on any atom is -0.377 e. The second-order valence-electron chi connectivity index (χ2n) is 6.68. The molecule has 0 bridgehead atoms. The molecular weight excluding hydrogens is 369 g/mol. The zero-order valence-corrected chi connectivity index (χ0v) is 15.9. The maximum Gasteiger partial charge on any atom is 0.177 e. The molecular formula is C22H23F3O3. The summed E-state index contributed by atoms with van der Waals surface area (Å²) in [5.74, 6) is -2.47. The highest BCUT2D eigenvalue weighted by Crippen LogP contribution is 2.28. The van der Waals surface area contributed by atoms with Crippen LogP contribution >= 0.6 is 0 Å². The third kappa shape index (κ3) is 4.82. The van der Waals surface area contributed by atoms with E-state index in [1.807, 2.05) is 0 Å². The summed E-state index contributed by atoms with van der Waals surface area (Å²) in [5.41, 5.74) is 1.68. The van der Waals surface area contributed by atoms with Crippen LogP contribution in [0.2, 0.25) is 0 Å². The topological polar surface area (TPSA) is 27.7 Å². The van der Waals surface area contributed by atoms with E-state index in [1.54, 1.807) is 44.2 Å². The van der Waals surface area contributed by atoms with Gasteiger partial charge < -0.3 is 14.2 Å². The van der Waals surface area contributed by atoms with Crippen LogP contribution in [0.3, 0.4) is 0 Å². The maximum atomic E-state index is 14.4. The summed E-state index contributed by atoms with van der Waals surface area (Å²) < 4.78 is 58.5. The van der Waals surface area contributed by atoms with E-state index >= 15 is 0 Å². The Morgan fingerprint density at radius 1 is 1.07 bits per heavy atom. The summed E-state index contributed by atoms with van der Waals surface area (Å²) in [7, 11) is 0. The van der Waals surface area contributed by atoms with Gasteiger partial charge in [-0.25, -0.2) is 13.2 Å². The summed E-state index contributed by atoms with van der Waals surface area (Å²) >= 11 is 0. The van der Waals surface area contributed by atoms with Gasteiger partial charge in [0.2, 0.25) is 0 Å². The van der Waals surface area contributed by atoms with Gasteiger partial charge in [0.1, 0.15) is 5.82 Å². The smallest absolute Gasteiger partial charge is 0.177 e. The van der Waals surface area contributed by atoms with Gasteiger partial charge in [-0.1, -0.05) is 30.3 Å². The summed E-state index contributed by atoms with van der Waals surface area (Å²) in [6, 6.07) is 8.00. The van der Waals surface area contributed by atoms with Crippen LogP contribution in [-0.2, 0) is 20.8 Å². The molecule has 2 aromatic rings. The van der Waals surface area contributed by atoms with Gasteiger partial charge in [-0.15, -0.1) is 0 Å². The molecule has 0 N–H and O–H groups in total. The van der Waals surface area contributed by atoms with E-state index in [1.165, 1.54) is 12.1 Å². The largest absolute Gasteiger partial charge is 0.377 e. The molecule has 0 unspecified atom stereocenters. The van der Waals surface area contributed by atoms with Crippen LogP contribution in [0.4, 0.5) is 13.2 Å². The molecule has 150 valence electrons. The molecule has 3 nitrogen and oxygen atoms in total. The summed E-state index contributed by atoms with van der Waals surface area (Å²) in [6.45, 7) is 4.33. The summed E-state index contributed by atoms with van der Waals surface area (Å²) in [6.07, 6.45) is 2.75. The van der Waals surface area contributed by atoms with Crippen LogP contribution < -0.4 is 0 Å². The predicted octanol–water partition coefficient (Wildman–Crippen LogP) is 5.12. The Morgan fingerprint density at radius 2 is 1.82 bits per heavy atom. The summed E-state index contributed by atoms with van der Waals surface area (Å²) in [5, 5.41) is 0. The molecule has 1 aliphatic heterocycles. The third-order valence-electron chi connectivity index (χ3n) is 4.66. The van der Waals surface area contributed by atoms with Crippen molar-refractivity contribution in [3.8, 4) is 0 Å². The number of aryl methyl sites for hydroxylation is 1. The van der Waals surface area contributed by atoms with Crippen molar-refractivity contribution in [3.05, 3.63) is 76.1 Å². The van der Waals surface area contributed by atoms with Gasteiger partial charge in [0, 0.05) is 18.1 Å². The fourth-order valence-electron chi connectivity index (χ4n) is 2.95. The number of rotatable bonds is 6. The standard InChI is InChI=1S/C22H23F3O3/c1-3-26-11-16-7-8-18(22(25)21(16)24)17-12-27-20(28-13-17)9-6-15-5-4-14(2)19(23)10-15/h4-10,17,20H,3,11-13H2,1-2H3/b9-6+. The molecule has 3 rings (SSSR count). The molecule has 0 radical (unpaired) electrons. The Balaban J connectivity index is 1.61. The number of ether oxygens (including phenoxy) is 3. The fraction of sp³-hybridized carbons (Fsp3) is 0.364. The molecule has 1 fully saturated rings. The molecule has 0 spiro atoms. The second kappa shape index (κ2) is 9.37. The first-order valence-corrected chi connectivity index (χ1v) is 9.21. The highest BCUT2D eigenvalue weighted by atomic mass is 19.2.